The maximum absolute atomic E-state index is 12.0. The predicted molar refractivity (Wildman–Crippen MR) is 127 cm³/mol. The molecule has 3 nitrogen and oxygen atoms in total. The molecule has 0 bridgehead atoms. The van der Waals surface area contributed by atoms with Crippen LogP contribution in [0.25, 0.3) is 0 Å². The number of unbranched alkanes of at least 4 members (excludes halogenated alkanes) is 9. The topological polar surface area (TPSA) is 35.5 Å². The van der Waals surface area contributed by atoms with E-state index in [0.717, 1.165) is 12.2 Å². The van der Waals surface area contributed by atoms with Crippen LogP contribution in [-0.4, -0.2) is 18.2 Å². The van der Waals surface area contributed by atoms with E-state index in [1.807, 2.05) is 18.2 Å². The van der Waals surface area contributed by atoms with E-state index < -0.39 is 5.60 Å². The third kappa shape index (κ3) is 12.0. The molecule has 0 fully saturated rings. The van der Waals surface area contributed by atoms with Gasteiger partial charge >= 0.3 is 5.97 Å². The van der Waals surface area contributed by atoms with Crippen LogP contribution in [0.15, 0.2) is 36.4 Å². The van der Waals surface area contributed by atoms with Gasteiger partial charge in [-0.3, -0.25) is 0 Å². The minimum absolute atomic E-state index is 0.332. The summed E-state index contributed by atoms with van der Waals surface area (Å²) in [7, 11) is 0. The van der Waals surface area contributed by atoms with Crippen LogP contribution in [0.3, 0.4) is 0 Å². The van der Waals surface area contributed by atoms with Crippen molar-refractivity contribution in [1.29, 1.82) is 0 Å². The van der Waals surface area contributed by atoms with Gasteiger partial charge in [0.05, 0.1) is 6.61 Å². The molecule has 170 valence electrons. The number of rotatable bonds is 17. The maximum atomic E-state index is 12.0. The monoisotopic (exact) mass is 416 g/mol. The molecule has 0 amide bonds. The molecule has 1 aromatic rings. The van der Waals surface area contributed by atoms with Crippen molar-refractivity contribution in [1.82, 2.24) is 0 Å². The summed E-state index contributed by atoms with van der Waals surface area (Å²) >= 11 is 0. The summed E-state index contributed by atoms with van der Waals surface area (Å²) in [6.07, 6.45) is 20.0. The van der Waals surface area contributed by atoms with E-state index in [1.165, 1.54) is 76.2 Å². The van der Waals surface area contributed by atoms with Crippen LogP contribution in [0.4, 0.5) is 0 Å². The molecule has 0 unspecified atom stereocenters. The first-order chi connectivity index (χ1) is 14.5. The number of hydrogen-bond donors (Lipinski definition) is 0. The van der Waals surface area contributed by atoms with Gasteiger partial charge < -0.3 is 9.47 Å². The van der Waals surface area contributed by atoms with Crippen LogP contribution >= 0.6 is 0 Å². The molecule has 0 radical (unpaired) electrons. The van der Waals surface area contributed by atoms with Gasteiger partial charge in [-0.2, -0.15) is 0 Å². The zero-order chi connectivity index (χ0) is 22.1. The Kier molecular flexibility index (Phi) is 14.0. The molecule has 30 heavy (non-hydrogen) atoms. The van der Waals surface area contributed by atoms with Gasteiger partial charge in [-0.05, 0) is 77.0 Å². The number of hydrogen-bond acceptors (Lipinski definition) is 3. The Hall–Kier alpha value is -1.77. The fourth-order valence-corrected chi connectivity index (χ4v) is 3.45. The first-order valence-electron chi connectivity index (χ1n) is 12.1. The van der Waals surface area contributed by atoms with Gasteiger partial charge in [-0.1, -0.05) is 69.7 Å². The molecule has 0 atom stereocenters. The Balaban J connectivity index is 2.17. The Morgan fingerprint density at radius 1 is 0.900 bits per heavy atom. The lowest BCUT2D eigenvalue weighted by atomic mass is 10.0. The molecule has 0 aromatic heterocycles. The first kappa shape index (κ1) is 26.3. The number of aryl methyl sites for hydroxylation is 1. The number of allylic oxidation sites excluding steroid dienone is 2. The molecule has 1 rings (SSSR count). The minimum atomic E-state index is -0.974. The number of benzene rings is 1. The molecule has 0 spiro atoms. The highest BCUT2D eigenvalue weighted by Gasteiger charge is 2.31. The molecular formula is C27H44O3. The fraction of sp³-hybridized carbons (Fsp3) is 0.667. The average Bonchev–Trinajstić information content (AvgIpc) is 2.71. The van der Waals surface area contributed by atoms with Crippen molar-refractivity contribution in [3.63, 3.8) is 0 Å². The highest BCUT2D eigenvalue weighted by atomic mass is 16.6. The molecule has 3 heteroatoms. The average molecular weight is 417 g/mol. The Bertz CT molecular complexity index is 604. The molecular weight excluding hydrogens is 372 g/mol. The van der Waals surface area contributed by atoms with Crippen molar-refractivity contribution >= 4 is 5.97 Å². The fourth-order valence-electron chi connectivity index (χ4n) is 3.45. The van der Waals surface area contributed by atoms with Gasteiger partial charge in [0, 0.05) is 0 Å². The molecule has 0 heterocycles. The number of esters is 1. The van der Waals surface area contributed by atoms with Crippen molar-refractivity contribution in [3.8, 4) is 5.75 Å². The van der Waals surface area contributed by atoms with Crippen molar-refractivity contribution in [2.45, 2.75) is 110 Å². The van der Waals surface area contributed by atoms with E-state index in [4.69, 9.17) is 9.47 Å². The summed E-state index contributed by atoms with van der Waals surface area (Å²) in [6, 6.07) is 8.09. The normalized spacial score (nSPS) is 11.7. The van der Waals surface area contributed by atoms with Crippen molar-refractivity contribution < 1.29 is 14.3 Å². The zero-order valence-electron chi connectivity index (χ0n) is 19.9. The lowest BCUT2D eigenvalue weighted by molar-refractivity contribution is -0.158. The van der Waals surface area contributed by atoms with Gasteiger partial charge in [-0.25, -0.2) is 4.79 Å². The van der Waals surface area contributed by atoms with E-state index in [0.29, 0.717) is 6.61 Å². The van der Waals surface area contributed by atoms with Crippen LogP contribution in [0.2, 0.25) is 0 Å². The highest BCUT2D eigenvalue weighted by Crippen LogP contribution is 2.22. The minimum Gasteiger partial charge on any atom is -0.476 e. The zero-order valence-corrected chi connectivity index (χ0v) is 19.9. The molecule has 0 saturated heterocycles. The number of ether oxygens (including phenoxy) is 2. The van der Waals surface area contributed by atoms with Gasteiger partial charge in [-0.15, -0.1) is 0 Å². The van der Waals surface area contributed by atoms with E-state index in [-0.39, 0.29) is 5.97 Å². The summed E-state index contributed by atoms with van der Waals surface area (Å²) in [5.74, 6) is 0.397. The van der Waals surface area contributed by atoms with Crippen molar-refractivity contribution in [2.75, 3.05) is 6.61 Å². The Morgan fingerprint density at radius 3 is 2.20 bits per heavy atom. The van der Waals surface area contributed by atoms with Gasteiger partial charge in [0.15, 0.2) is 5.60 Å². The lowest BCUT2D eigenvalue weighted by Crippen LogP contribution is -2.39. The van der Waals surface area contributed by atoms with Crippen molar-refractivity contribution in [2.24, 2.45) is 0 Å². The molecule has 0 aliphatic rings. The number of carbonyl (C=O) groups is 1. The number of carbonyl (C=O) groups excluding carboxylic acids is 1. The Labute approximate surface area is 185 Å². The van der Waals surface area contributed by atoms with Crippen LogP contribution in [0.1, 0.15) is 104 Å². The SMILES string of the molecule is CCCCCC/C=C\CCCCCCCc1cccc(OC(C)(C)C(=O)OCC)c1. The second-order valence-electron chi connectivity index (χ2n) is 8.61. The second-order valence-corrected chi connectivity index (χ2v) is 8.61. The molecule has 0 N–H and O–H groups in total. The second kappa shape index (κ2) is 16.0. The molecule has 1 aromatic carbocycles. The van der Waals surface area contributed by atoms with Gasteiger partial charge in [0.1, 0.15) is 5.75 Å². The molecule has 0 aliphatic carbocycles. The third-order valence-corrected chi connectivity index (χ3v) is 5.27. The largest absolute Gasteiger partial charge is 0.476 e. The highest BCUT2D eigenvalue weighted by molar-refractivity contribution is 5.79. The van der Waals surface area contributed by atoms with E-state index in [9.17, 15) is 4.79 Å². The standard InChI is InChI=1S/C27H44O3/c1-5-7-8-9-10-11-12-13-14-15-16-17-18-20-24-21-19-22-25(23-24)30-27(3,4)26(28)29-6-2/h11-12,19,21-23H,5-10,13-18,20H2,1-4H3/b12-11-. The summed E-state index contributed by atoms with van der Waals surface area (Å²) in [5.41, 5.74) is 0.289. The molecule has 0 saturated carbocycles. The van der Waals surface area contributed by atoms with Gasteiger partial charge in [0.25, 0.3) is 0 Å². The first-order valence-corrected chi connectivity index (χ1v) is 12.1. The summed E-state index contributed by atoms with van der Waals surface area (Å²) in [6.45, 7) is 7.93. The summed E-state index contributed by atoms with van der Waals surface area (Å²) in [5, 5.41) is 0. The summed E-state index contributed by atoms with van der Waals surface area (Å²) in [4.78, 5) is 12.0. The smallest absolute Gasteiger partial charge is 0.349 e. The van der Waals surface area contributed by atoms with E-state index in [2.05, 4.69) is 25.1 Å². The van der Waals surface area contributed by atoms with Gasteiger partial charge in [0.2, 0.25) is 0 Å². The van der Waals surface area contributed by atoms with E-state index in [1.54, 1.807) is 20.8 Å². The van der Waals surface area contributed by atoms with Crippen LogP contribution in [0, 0.1) is 0 Å². The maximum Gasteiger partial charge on any atom is 0.349 e. The quantitative estimate of drug-likeness (QED) is 0.147. The lowest BCUT2D eigenvalue weighted by Gasteiger charge is -2.24. The Morgan fingerprint density at radius 2 is 1.53 bits per heavy atom. The van der Waals surface area contributed by atoms with Crippen LogP contribution in [-0.2, 0) is 16.0 Å². The third-order valence-electron chi connectivity index (χ3n) is 5.27. The van der Waals surface area contributed by atoms with Crippen LogP contribution < -0.4 is 4.74 Å². The summed E-state index contributed by atoms with van der Waals surface area (Å²) < 4.78 is 11.0. The predicted octanol–water partition coefficient (Wildman–Crippen LogP) is 7.82. The molecule has 0 aliphatic heterocycles. The van der Waals surface area contributed by atoms with Crippen LogP contribution in [0.5, 0.6) is 5.75 Å². The van der Waals surface area contributed by atoms with E-state index >= 15 is 0 Å². The van der Waals surface area contributed by atoms with Crippen molar-refractivity contribution in [3.05, 3.63) is 42.0 Å².